The molecule has 0 rings (SSSR count). The zero-order valence-electron chi connectivity index (χ0n) is 21.7. The lowest BCUT2D eigenvalue weighted by molar-refractivity contribution is -0.147. The van der Waals surface area contributed by atoms with E-state index in [2.05, 4.69) is 64.6 Å². The van der Waals surface area contributed by atoms with E-state index in [9.17, 15) is 19.4 Å². The Hall–Kier alpha value is -1.80. The number of hydrogen-bond acceptors (Lipinski definition) is 7. The molecule has 0 aliphatic heterocycles. The van der Waals surface area contributed by atoms with Gasteiger partial charge < -0.3 is 20.5 Å². The van der Waals surface area contributed by atoms with E-state index in [4.69, 9.17) is 10.5 Å². The fraction of sp³-hybridized carbons (Fsp3) is 0.593. The van der Waals surface area contributed by atoms with Crippen LogP contribution in [0.5, 0.6) is 0 Å². The smallest absolute Gasteiger partial charge is 0.463 e. The summed E-state index contributed by atoms with van der Waals surface area (Å²) in [5.41, 5.74) is 5.17. The van der Waals surface area contributed by atoms with Crippen LogP contribution in [0.4, 0.5) is 0 Å². The number of nitrogens with two attached hydrogens (primary N) is 1. The standard InChI is InChI=1S/C27H46NO7P/c1-2-3-4-5-6-7-8-9-10-11-12-13-14-15-16-17-18-19-20-21-27(30)33-24-26(29)25-35-36(31,32)34-23-22-28/h6-7,9-10,12-13,15-16,18-19,26,29H,2-5,8,11,14,17,20-25,28H2,1H3,(H,31,32)/b7-6-,10-9-,13-12-,16-15-,19-18-/t26-/m1/s1. The molecule has 0 aliphatic carbocycles. The van der Waals surface area contributed by atoms with Gasteiger partial charge in [0.15, 0.2) is 0 Å². The van der Waals surface area contributed by atoms with E-state index in [-0.39, 0.29) is 26.2 Å². The van der Waals surface area contributed by atoms with Crippen LogP contribution in [0.3, 0.4) is 0 Å². The van der Waals surface area contributed by atoms with Gasteiger partial charge in [-0.15, -0.1) is 0 Å². The third-order valence-corrected chi connectivity index (χ3v) is 5.63. The number of ether oxygens (including phenoxy) is 1. The van der Waals surface area contributed by atoms with Gasteiger partial charge in [0.2, 0.25) is 0 Å². The third kappa shape index (κ3) is 25.3. The Bertz CT molecular complexity index is 732. The fourth-order valence-electron chi connectivity index (χ4n) is 2.73. The molecular formula is C27H46NO7P. The second kappa shape index (κ2) is 24.9. The number of carbonyl (C=O) groups excluding carboxylic acids is 1. The molecule has 0 bridgehead atoms. The molecule has 0 aromatic carbocycles. The molecule has 8 nitrogen and oxygen atoms in total. The summed E-state index contributed by atoms with van der Waals surface area (Å²) in [7, 11) is -4.26. The summed E-state index contributed by atoms with van der Waals surface area (Å²) in [6, 6.07) is 0. The van der Waals surface area contributed by atoms with Crippen molar-refractivity contribution in [1.82, 2.24) is 0 Å². The first-order valence-corrected chi connectivity index (χ1v) is 14.3. The number of phosphoric ester groups is 1. The van der Waals surface area contributed by atoms with Gasteiger partial charge in [-0.1, -0.05) is 80.5 Å². The molecule has 0 saturated heterocycles. The number of carbonyl (C=O) groups is 1. The van der Waals surface area contributed by atoms with Crippen molar-refractivity contribution in [2.45, 2.75) is 77.2 Å². The van der Waals surface area contributed by atoms with Gasteiger partial charge in [0.05, 0.1) is 13.2 Å². The van der Waals surface area contributed by atoms with Crippen LogP contribution in [0.2, 0.25) is 0 Å². The summed E-state index contributed by atoms with van der Waals surface area (Å²) in [5.74, 6) is -0.469. The predicted octanol–water partition coefficient (Wildman–Crippen LogP) is 5.68. The number of hydrogen-bond donors (Lipinski definition) is 3. The highest BCUT2D eigenvalue weighted by Crippen LogP contribution is 2.42. The zero-order valence-corrected chi connectivity index (χ0v) is 22.6. The topological polar surface area (TPSA) is 128 Å². The van der Waals surface area contributed by atoms with Crippen LogP contribution in [0, 0.1) is 0 Å². The quantitative estimate of drug-likeness (QED) is 0.0670. The molecule has 1 unspecified atom stereocenters. The Labute approximate surface area is 217 Å². The third-order valence-electron chi connectivity index (χ3n) is 4.65. The van der Waals surface area contributed by atoms with Gasteiger partial charge in [0.1, 0.15) is 12.7 Å². The Morgan fingerprint density at radius 3 is 1.89 bits per heavy atom. The number of rotatable bonds is 23. The molecule has 0 aromatic heterocycles. The Morgan fingerprint density at radius 1 is 0.833 bits per heavy atom. The largest absolute Gasteiger partial charge is 0.472 e. The maximum atomic E-state index is 11.7. The first-order chi connectivity index (χ1) is 17.4. The summed E-state index contributed by atoms with van der Waals surface area (Å²) in [5, 5.41) is 9.67. The molecule has 2 atom stereocenters. The average molecular weight is 528 g/mol. The van der Waals surface area contributed by atoms with Crippen molar-refractivity contribution in [2.24, 2.45) is 5.73 Å². The van der Waals surface area contributed by atoms with Crippen LogP contribution in [0.1, 0.15) is 71.1 Å². The number of aliphatic hydroxyl groups is 1. The van der Waals surface area contributed by atoms with Crippen molar-refractivity contribution in [1.29, 1.82) is 0 Å². The normalized spacial score (nSPS) is 15.1. The van der Waals surface area contributed by atoms with E-state index >= 15 is 0 Å². The SMILES string of the molecule is CCCCC/C=C\C/C=C\C/C=C\C/C=C\C/C=C\CCC(=O)OC[C@@H](O)COP(=O)(O)OCCN. The number of allylic oxidation sites excluding steroid dienone is 10. The molecule has 0 radical (unpaired) electrons. The molecule has 0 aliphatic rings. The Balaban J connectivity index is 3.71. The maximum absolute atomic E-state index is 11.7. The van der Waals surface area contributed by atoms with Gasteiger partial charge in [-0.05, 0) is 44.9 Å². The lowest BCUT2D eigenvalue weighted by Gasteiger charge is -2.15. The van der Waals surface area contributed by atoms with Crippen molar-refractivity contribution in [3.05, 3.63) is 60.8 Å². The molecule has 4 N–H and O–H groups in total. The molecule has 0 aromatic rings. The highest BCUT2D eigenvalue weighted by molar-refractivity contribution is 7.47. The summed E-state index contributed by atoms with van der Waals surface area (Å²) >= 11 is 0. The van der Waals surface area contributed by atoms with Gasteiger partial charge in [-0.2, -0.15) is 0 Å². The molecule has 36 heavy (non-hydrogen) atoms. The number of unbranched alkanes of at least 4 members (excludes halogenated alkanes) is 3. The van der Waals surface area contributed by atoms with Gasteiger partial charge in [-0.3, -0.25) is 13.8 Å². The van der Waals surface area contributed by atoms with Crippen LogP contribution in [0.15, 0.2) is 60.8 Å². The second-order valence-electron chi connectivity index (χ2n) is 8.06. The van der Waals surface area contributed by atoms with E-state index in [0.717, 1.165) is 25.7 Å². The van der Waals surface area contributed by atoms with E-state index in [0.29, 0.717) is 6.42 Å². The summed E-state index contributed by atoms with van der Waals surface area (Å²) in [6.45, 7) is 1.31. The molecule has 0 amide bonds. The summed E-state index contributed by atoms with van der Waals surface area (Å²) in [4.78, 5) is 21.0. The second-order valence-corrected chi connectivity index (χ2v) is 9.51. The van der Waals surface area contributed by atoms with Crippen LogP contribution in [-0.4, -0.2) is 48.4 Å². The molecule has 9 heteroatoms. The Morgan fingerprint density at radius 2 is 1.36 bits per heavy atom. The molecule has 206 valence electrons. The number of phosphoric acid groups is 1. The monoisotopic (exact) mass is 527 g/mol. The van der Waals surface area contributed by atoms with Crippen LogP contribution in [-0.2, 0) is 23.1 Å². The van der Waals surface area contributed by atoms with Gasteiger partial charge in [0.25, 0.3) is 0 Å². The van der Waals surface area contributed by atoms with Crippen molar-refractivity contribution in [3.8, 4) is 0 Å². The fourth-order valence-corrected chi connectivity index (χ4v) is 3.50. The van der Waals surface area contributed by atoms with Crippen LogP contribution >= 0.6 is 7.82 Å². The van der Waals surface area contributed by atoms with Crippen molar-refractivity contribution < 1.29 is 33.1 Å². The highest BCUT2D eigenvalue weighted by atomic mass is 31.2. The van der Waals surface area contributed by atoms with E-state index in [1.54, 1.807) is 0 Å². The average Bonchev–Trinajstić information content (AvgIpc) is 2.86. The first kappa shape index (κ1) is 34.2. The maximum Gasteiger partial charge on any atom is 0.472 e. The van der Waals surface area contributed by atoms with E-state index in [1.165, 1.54) is 25.7 Å². The zero-order chi connectivity index (χ0) is 26.7. The minimum absolute atomic E-state index is 0.0616. The minimum atomic E-state index is -4.26. The predicted molar refractivity (Wildman–Crippen MR) is 145 cm³/mol. The van der Waals surface area contributed by atoms with E-state index < -0.39 is 26.5 Å². The summed E-state index contributed by atoms with van der Waals surface area (Å²) in [6.07, 6.45) is 29.4. The number of esters is 1. The molecular weight excluding hydrogens is 481 g/mol. The minimum Gasteiger partial charge on any atom is -0.463 e. The first-order valence-electron chi connectivity index (χ1n) is 12.8. The molecule has 0 spiro atoms. The summed E-state index contributed by atoms with van der Waals surface area (Å²) < 4.78 is 25.5. The van der Waals surface area contributed by atoms with Gasteiger partial charge in [0, 0.05) is 13.0 Å². The van der Waals surface area contributed by atoms with Crippen LogP contribution < -0.4 is 5.73 Å². The van der Waals surface area contributed by atoms with Crippen LogP contribution in [0.25, 0.3) is 0 Å². The molecule has 0 heterocycles. The van der Waals surface area contributed by atoms with E-state index in [1.807, 2.05) is 12.2 Å². The number of aliphatic hydroxyl groups excluding tert-OH is 1. The highest BCUT2D eigenvalue weighted by Gasteiger charge is 2.22. The van der Waals surface area contributed by atoms with Gasteiger partial charge >= 0.3 is 13.8 Å². The lowest BCUT2D eigenvalue weighted by Crippen LogP contribution is -2.23. The van der Waals surface area contributed by atoms with Gasteiger partial charge in [-0.25, -0.2) is 4.57 Å². The Kier molecular flexibility index (Phi) is 23.6. The van der Waals surface area contributed by atoms with Crippen molar-refractivity contribution in [3.63, 3.8) is 0 Å². The lowest BCUT2D eigenvalue weighted by atomic mass is 10.2. The molecule has 0 fully saturated rings. The van der Waals surface area contributed by atoms with Crippen molar-refractivity contribution in [2.75, 3.05) is 26.4 Å². The van der Waals surface area contributed by atoms with Crippen molar-refractivity contribution >= 4 is 13.8 Å². The molecule has 0 saturated carbocycles.